The molecule has 0 saturated heterocycles. The molecule has 7 heteroatoms. The second-order valence-corrected chi connectivity index (χ2v) is 6.04. The number of aromatic nitrogens is 1. The van der Waals surface area contributed by atoms with Gasteiger partial charge in [-0.05, 0) is 24.5 Å². The number of nitro benzene ring substituents is 1. The maximum atomic E-state index is 12.1. The van der Waals surface area contributed by atoms with Gasteiger partial charge in [0.1, 0.15) is 0 Å². The van der Waals surface area contributed by atoms with Crippen LogP contribution < -0.4 is 5.32 Å². The summed E-state index contributed by atoms with van der Waals surface area (Å²) in [6.45, 7) is 0.475. The monoisotopic (exact) mass is 317 g/mol. The first-order valence-electron chi connectivity index (χ1n) is 7.74. The minimum atomic E-state index is -0.447. The average molecular weight is 317 g/mol. The number of aliphatic hydroxyl groups excluding tert-OH is 1. The molecule has 2 unspecified atom stereocenters. The lowest BCUT2D eigenvalue weighted by molar-refractivity contribution is -0.384. The highest BCUT2D eigenvalue weighted by Crippen LogP contribution is 2.25. The number of H-pyrrole nitrogens is 1. The van der Waals surface area contributed by atoms with Crippen LogP contribution in [-0.2, 0) is 11.2 Å². The normalized spacial score (nSPS) is 20.7. The van der Waals surface area contributed by atoms with Gasteiger partial charge in [-0.15, -0.1) is 0 Å². The molecule has 2 aromatic rings. The van der Waals surface area contributed by atoms with Crippen LogP contribution in [0.3, 0.4) is 0 Å². The number of nitrogens with one attached hydrogen (secondary N) is 2. The number of carbonyl (C=O) groups is 1. The Morgan fingerprint density at radius 2 is 2.26 bits per heavy atom. The Bertz CT molecular complexity index is 740. The first kappa shape index (κ1) is 15.5. The van der Waals surface area contributed by atoms with Gasteiger partial charge in [-0.1, -0.05) is 6.42 Å². The van der Waals surface area contributed by atoms with Crippen molar-refractivity contribution >= 4 is 22.5 Å². The van der Waals surface area contributed by atoms with Crippen LogP contribution in [0, 0.1) is 16.0 Å². The van der Waals surface area contributed by atoms with E-state index in [1.165, 1.54) is 12.1 Å². The maximum Gasteiger partial charge on any atom is 0.270 e. The standard InChI is InChI=1S/C16H19N3O4/c20-15-3-1-2-10(15)8-18-16(21)6-11-9-17-14-5-4-12(19(22)23)7-13(11)14/h4-5,7,9-10,15,17,20H,1-3,6,8H2,(H,18,21). The summed E-state index contributed by atoms with van der Waals surface area (Å²) in [7, 11) is 0. The Morgan fingerprint density at radius 1 is 1.43 bits per heavy atom. The molecule has 0 radical (unpaired) electrons. The van der Waals surface area contributed by atoms with E-state index in [-0.39, 0.29) is 30.0 Å². The van der Waals surface area contributed by atoms with Gasteiger partial charge in [0.15, 0.2) is 0 Å². The predicted molar refractivity (Wildman–Crippen MR) is 85.0 cm³/mol. The van der Waals surface area contributed by atoms with Gasteiger partial charge >= 0.3 is 0 Å². The third kappa shape index (κ3) is 3.34. The highest BCUT2D eigenvalue weighted by atomic mass is 16.6. The number of amides is 1. The molecule has 1 aliphatic rings. The molecule has 1 heterocycles. The fraction of sp³-hybridized carbons (Fsp3) is 0.438. The van der Waals surface area contributed by atoms with Crippen LogP contribution >= 0.6 is 0 Å². The zero-order chi connectivity index (χ0) is 16.4. The van der Waals surface area contributed by atoms with Crippen molar-refractivity contribution in [3.05, 3.63) is 40.1 Å². The Kier molecular flexibility index (Phi) is 4.29. The Labute approximate surface area is 132 Å². The lowest BCUT2D eigenvalue weighted by atomic mass is 10.1. The molecule has 0 bridgehead atoms. The zero-order valence-corrected chi connectivity index (χ0v) is 12.6. The molecule has 3 N–H and O–H groups in total. The van der Waals surface area contributed by atoms with Gasteiger partial charge in [0.2, 0.25) is 5.91 Å². The number of nitrogens with zero attached hydrogens (tertiary/aromatic N) is 1. The number of rotatable bonds is 5. The first-order valence-corrected chi connectivity index (χ1v) is 7.74. The Hall–Kier alpha value is -2.41. The first-order chi connectivity index (χ1) is 11.0. The second kappa shape index (κ2) is 6.37. The van der Waals surface area contributed by atoms with Crippen LogP contribution in [0.15, 0.2) is 24.4 Å². The quantitative estimate of drug-likeness (QED) is 0.578. The van der Waals surface area contributed by atoms with Crippen molar-refractivity contribution < 1.29 is 14.8 Å². The molecular formula is C16H19N3O4. The number of nitro groups is 1. The van der Waals surface area contributed by atoms with Gasteiger partial charge in [0, 0.05) is 41.7 Å². The van der Waals surface area contributed by atoms with Crippen molar-refractivity contribution in [3.63, 3.8) is 0 Å². The van der Waals surface area contributed by atoms with Gasteiger partial charge in [-0.25, -0.2) is 0 Å². The molecule has 23 heavy (non-hydrogen) atoms. The molecule has 1 aliphatic carbocycles. The average Bonchev–Trinajstić information content (AvgIpc) is 3.11. The molecule has 7 nitrogen and oxygen atoms in total. The van der Waals surface area contributed by atoms with E-state index < -0.39 is 4.92 Å². The van der Waals surface area contributed by atoms with E-state index in [9.17, 15) is 20.0 Å². The summed E-state index contributed by atoms with van der Waals surface area (Å²) in [5.41, 5.74) is 1.51. The van der Waals surface area contributed by atoms with Gasteiger partial charge in [-0.3, -0.25) is 14.9 Å². The molecule has 3 rings (SSSR count). The van der Waals surface area contributed by atoms with E-state index >= 15 is 0 Å². The van der Waals surface area contributed by atoms with Crippen molar-refractivity contribution in [1.29, 1.82) is 0 Å². The van der Waals surface area contributed by atoms with E-state index in [4.69, 9.17) is 0 Å². The Morgan fingerprint density at radius 3 is 2.96 bits per heavy atom. The summed E-state index contributed by atoms with van der Waals surface area (Å²) in [6, 6.07) is 4.56. The number of hydrogen-bond acceptors (Lipinski definition) is 4. The number of aliphatic hydroxyl groups is 1. The summed E-state index contributed by atoms with van der Waals surface area (Å²) in [5, 5.41) is 24.2. The minimum Gasteiger partial charge on any atom is -0.393 e. The van der Waals surface area contributed by atoms with Crippen LogP contribution in [0.1, 0.15) is 24.8 Å². The molecule has 1 aromatic carbocycles. The minimum absolute atomic E-state index is 0.00726. The third-order valence-electron chi connectivity index (χ3n) is 4.49. The molecule has 1 saturated carbocycles. The van der Waals surface area contributed by atoms with Crippen LogP contribution in [-0.4, -0.2) is 33.6 Å². The van der Waals surface area contributed by atoms with Gasteiger partial charge < -0.3 is 15.4 Å². The van der Waals surface area contributed by atoms with Crippen molar-refractivity contribution in [3.8, 4) is 0 Å². The van der Waals surface area contributed by atoms with E-state index in [2.05, 4.69) is 10.3 Å². The van der Waals surface area contributed by atoms with E-state index in [0.29, 0.717) is 11.9 Å². The van der Waals surface area contributed by atoms with E-state index in [0.717, 1.165) is 30.3 Å². The molecule has 1 amide bonds. The molecule has 0 aliphatic heterocycles. The van der Waals surface area contributed by atoms with E-state index in [1.807, 2.05) is 0 Å². The fourth-order valence-corrected chi connectivity index (χ4v) is 3.16. The van der Waals surface area contributed by atoms with Crippen molar-refractivity contribution in [1.82, 2.24) is 10.3 Å². The summed E-state index contributed by atoms with van der Waals surface area (Å²) in [5.74, 6) is -0.0143. The molecule has 122 valence electrons. The van der Waals surface area contributed by atoms with Crippen LogP contribution in [0.5, 0.6) is 0 Å². The smallest absolute Gasteiger partial charge is 0.270 e. The summed E-state index contributed by atoms with van der Waals surface area (Å²) in [6.07, 6.45) is 4.26. The topological polar surface area (TPSA) is 108 Å². The van der Waals surface area contributed by atoms with Crippen molar-refractivity contribution in [2.45, 2.75) is 31.8 Å². The molecule has 0 spiro atoms. The highest BCUT2D eigenvalue weighted by Gasteiger charge is 2.25. The van der Waals surface area contributed by atoms with E-state index in [1.54, 1.807) is 12.3 Å². The second-order valence-electron chi connectivity index (χ2n) is 6.04. The maximum absolute atomic E-state index is 12.1. The Balaban J connectivity index is 1.67. The zero-order valence-electron chi connectivity index (χ0n) is 12.6. The molecule has 1 aromatic heterocycles. The lowest BCUT2D eigenvalue weighted by Crippen LogP contribution is -2.33. The van der Waals surface area contributed by atoms with Crippen molar-refractivity contribution in [2.24, 2.45) is 5.92 Å². The number of hydrogen-bond donors (Lipinski definition) is 3. The lowest BCUT2D eigenvalue weighted by Gasteiger charge is -2.14. The number of aromatic amines is 1. The number of fused-ring (bicyclic) bond motifs is 1. The number of benzene rings is 1. The summed E-state index contributed by atoms with van der Waals surface area (Å²) < 4.78 is 0. The largest absolute Gasteiger partial charge is 0.393 e. The van der Waals surface area contributed by atoms with Gasteiger partial charge in [0.05, 0.1) is 17.4 Å². The summed E-state index contributed by atoms with van der Waals surface area (Å²) >= 11 is 0. The van der Waals surface area contributed by atoms with Crippen molar-refractivity contribution in [2.75, 3.05) is 6.54 Å². The van der Waals surface area contributed by atoms with Crippen LogP contribution in [0.2, 0.25) is 0 Å². The number of carbonyl (C=O) groups excluding carboxylic acids is 1. The van der Waals surface area contributed by atoms with Gasteiger partial charge in [-0.2, -0.15) is 0 Å². The highest BCUT2D eigenvalue weighted by molar-refractivity contribution is 5.90. The molecule has 1 fully saturated rings. The summed E-state index contributed by atoms with van der Waals surface area (Å²) in [4.78, 5) is 25.5. The van der Waals surface area contributed by atoms with Crippen LogP contribution in [0.25, 0.3) is 10.9 Å². The third-order valence-corrected chi connectivity index (χ3v) is 4.49. The molecule has 2 atom stereocenters. The number of non-ortho nitro benzene ring substituents is 1. The predicted octanol–water partition coefficient (Wildman–Crippen LogP) is 1.90. The molecular weight excluding hydrogens is 298 g/mol. The fourth-order valence-electron chi connectivity index (χ4n) is 3.16. The SMILES string of the molecule is O=C(Cc1c[nH]c2ccc([N+](=O)[O-])cc12)NCC1CCCC1O. The van der Waals surface area contributed by atoms with Crippen LogP contribution in [0.4, 0.5) is 5.69 Å². The van der Waals surface area contributed by atoms with Gasteiger partial charge in [0.25, 0.3) is 5.69 Å².